The molecule has 5 nitrogen and oxygen atoms in total. The van der Waals surface area contributed by atoms with Gasteiger partial charge in [-0.25, -0.2) is 0 Å². The van der Waals surface area contributed by atoms with Crippen LogP contribution in [-0.2, 0) is 13.3 Å². The first kappa shape index (κ1) is 30.0. The topological polar surface area (TPSA) is 65.7 Å². The quantitative estimate of drug-likeness (QED) is 0.132. The van der Waals surface area contributed by atoms with Gasteiger partial charge in [-0.2, -0.15) is 0 Å². The molecule has 0 aromatic heterocycles. The SMILES string of the molecule is CCCO[Si](CCCNCCCCCCCCCCCCN)(OCCC)OCCC. The first-order valence-corrected chi connectivity index (χ1v) is 15.0. The lowest BCUT2D eigenvalue weighted by Crippen LogP contribution is -2.47. The van der Waals surface area contributed by atoms with Gasteiger partial charge in [0.25, 0.3) is 0 Å². The predicted molar refractivity (Wildman–Crippen MR) is 132 cm³/mol. The maximum Gasteiger partial charge on any atom is 0.501 e. The van der Waals surface area contributed by atoms with Gasteiger partial charge in [0.1, 0.15) is 0 Å². The Kier molecular flexibility index (Phi) is 23.7. The average Bonchev–Trinajstić information content (AvgIpc) is 2.77. The molecule has 6 heteroatoms. The fourth-order valence-electron chi connectivity index (χ4n) is 3.48. The highest BCUT2D eigenvalue weighted by Gasteiger charge is 2.40. The van der Waals surface area contributed by atoms with Crippen molar-refractivity contribution in [3.05, 3.63) is 0 Å². The Morgan fingerprint density at radius 2 is 0.967 bits per heavy atom. The summed E-state index contributed by atoms with van der Waals surface area (Å²) in [6.07, 6.45) is 17.5. The molecule has 0 amide bonds. The zero-order valence-electron chi connectivity index (χ0n) is 20.7. The minimum Gasteiger partial charge on any atom is -0.373 e. The minimum absolute atomic E-state index is 0.737. The summed E-state index contributed by atoms with van der Waals surface area (Å²) in [6.45, 7) is 11.6. The van der Waals surface area contributed by atoms with Gasteiger partial charge in [-0.05, 0) is 58.2 Å². The van der Waals surface area contributed by atoms with Crippen LogP contribution in [-0.4, -0.2) is 48.3 Å². The second kappa shape index (κ2) is 23.7. The molecule has 0 aromatic rings. The van der Waals surface area contributed by atoms with Crippen molar-refractivity contribution >= 4 is 8.80 Å². The molecule has 0 aliphatic heterocycles. The van der Waals surface area contributed by atoms with E-state index < -0.39 is 8.80 Å². The van der Waals surface area contributed by atoms with E-state index in [9.17, 15) is 0 Å². The third-order valence-corrected chi connectivity index (χ3v) is 8.12. The van der Waals surface area contributed by atoms with E-state index in [-0.39, 0.29) is 0 Å². The molecule has 0 atom stereocenters. The molecule has 182 valence electrons. The Labute approximate surface area is 189 Å². The number of hydrogen-bond donors (Lipinski definition) is 2. The lowest BCUT2D eigenvalue weighted by molar-refractivity contribution is 0.0588. The van der Waals surface area contributed by atoms with Gasteiger partial charge in [0.05, 0.1) is 0 Å². The van der Waals surface area contributed by atoms with E-state index in [2.05, 4.69) is 26.1 Å². The maximum absolute atomic E-state index is 6.16. The summed E-state index contributed by atoms with van der Waals surface area (Å²) in [5.41, 5.74) is 5.53. The standard InChI is InChI=1S/C24H54N2O3Si/c1-4-21-27-30(28-22-5-2,29-23-6-3)24-17-20-26-19-16-14-12-10-8-7-9-11-13-15-18-25/h26H,4-25H2,1-3H3. The molecular formula is C24H54N2O3Si. The van der Waals surface area contributed by atoms with Crippen molar-refractivity contribution in [1.29, 1.82) is 0 Å². The number of nitrogens with two attached hydrogens (primary N) is 1. The van der Waals surface area contributed by atoms with Crippen molar-refractivity contribution in [3.8, 4) is 0 Å². The second-order valence-corrected chi connectivity index (χ2v) is 11.1. The fourth-order valence-corrected chi connectivity index (χ4v) is 6.32. The smallest absolute Gasteiger partial charge is 0.373 e. The van der Waals surface area contributed by atoms with Crippen molar-refractivity contribution in [3.63, 3.8) is 0 Å². The van der Waals surface area contributed by atoms with Crippen LogP contribution in [0.1, 0.15) is 111 Å². The predicted octanol–water partition coefficient (Wildman–Crippen LogP) is 6.04. The lowest BCUT2D eigenvalue weighted by Gasteiger charge is -2.29. The highest BCUT2D eigenvalue weighted by molar-refractivity contribution is 6.60. The Morgan fingerprint density at radius 1 is 0.567 bits per heavy atom. The summed E-state index contributed by atoms with van der Waals surface area (Å²) in [7, 11) is -2.51. The molecule has 30 heavy (non-hydrogen) atoms. The van der Waals surface area contributed by atoms with E-state index in [1.165, 1.54) is 64.2 Å². The lowest BCUT2D eigenvalue weighted by atomic mass is 10.1. The van der Waals surface area contributed by atoms with Crippen LogP contribution in [0.25, 0.3) is 0 Å². The number of hydrogen-bond acceptors (Lipinski definition) is 5. The molecule has 0 radical (unpaired) electrons. The summed E-state index contributed by atoms with van der Waals surface area (Å²) >= 11 is 0. The third kappa shape index (κ3) is 18.8. The first-order valence-electron chi connectivity index (χ1n) is 13.1. The highest BCUT2D eigenvalue weighted by atomic mass is 28.4. The molecule has 0 saturated heterocycles. The van der Waals surface area contributed by atoms with Gasteiger partial charge < -0.3 is 24.3 Å². The van der Waals surface area contributed by atoms with Crippen molar-refractivity contribution in [2.75, 3.05) is 39.5 Å². The van der Waals surface area contributed by atoms with E-state index in [4.69, 9.17) is 19.0 Å². The molecular weight excluding hydrogens is 392 g/mol. The minimum atomic E-state index is -2.51. The molecule has 0 aliphatic carbocycles. The molecule has 0 bridgehead atoms. The number of rotatable bonds is 25. The van der Waals surface area contributed by atoms with Crippen molar-refractivity contribution < 1.29 is 13.3 Å². The molecule has 0 spiro atoms. The number of nitrogens with one attached hydrogen (secondary N) is 1. The first-order chi connectivity index (χ1) is 14.7. The van der Waals surface area contributed by atoms with Gasteiger partial charge in [0.2, 0.25) is 0 Å². The second-order valence-electron chi connectivity index (χ2n) is 8.41. The van der Waals surface area contributed by atoms with Crippen molar-refractivity contribution in [2.24, 2.45) is 5.73 Å². The van der Waals surface area contributed by atoms with Crippen molar-refractivity contribution in [1.82, 2.24) is 5.32 Å². The van der Waals surface area contributed by atoms with E-state index >= 15 is 0 Å². The molecule has 0 saturated carbocycles. The van der Waals surface area contributed by atoms with E-state index in [0.29, 0.717) is 0 Å². The van der Waals surface area contributed by atoms with Gasteiger partial charge >= 0.3 is 8.80 Å². The van der Waals surface area contributed by atoms with Crippen LogP contribution in [0.5, 0.6) is 0 Å². The Bertz CT molecular complexity index is 314. The molecule has 0 aliphatic rings. The summed E-state index contributed by atoms with van der Waals surface area (Å²) < 4.78 is 18.5. The van der Waals surface area contributed by atoms with Gasteiger partial charge in [-0.1, -0.05) is 72.1 Å². The van der Waals surface area contributed by atoms with Crippen LogP contribution in [0.3, 0.4) is 0 Å². The number of unbranched alkanes of at least 4 members (excludes halogenated alkanes) is 9. The molecule has 0 aromatic carbocycles. The Hall–Kier alpha value is 0.0169. The maximum atomic E-state index is 6.16. The van der Waals surface area contributed by atoms with E-state index in [1.807, 2.05) is 0 Å². The van der Waals surface area contributed by atoms with Crippen molar-refractivity contribution in [2.45, 2.75) is 117 Å². The zero-order chi connectivity index (χ0) is 22.2. The largest absolute Gasteiger partial charge is 0.501 e. The Morgan fingerprint density at radius 3 is 1.40 bits per heavy atom. The molecule has 0 heterocycles. The van der Waals surface area contributed by atoms with Crippen LogP contribution in [0.4, 0.5) is 0 Å². The normalized spacial score (nSPS) is 12.0. The monoisotopic (exact) mass is 446 g/mol. The van der Waals surface area contributed by atoms with Gasteiger partial charge in [-0.3, -0.25) is 0 Å². The van der Waals surface area contributed by atoms with Crippen LogP contribution in [0.15, 0.2) is 0 Å². The summed E-state index contributed by atoms with van der Waals surface area (Å²) in [5.74, 6) is 0. The van der Waals surface area contributed by atoms with Crippen LogP contribution >= 0.6 is 0 Å². The van der Waals surface area contributed by atoms with E-state index in [0.717, 1.165) is 71.2 Å². The summed E-state index contributed by atoms with van der Waals surface area (Å²) in [4.78, 5) is 0. The van der Waals surface area contributed by atoms with Gasteiger partial charge in [-0.15, -0.1) is 0 Å². The van der Waals surface area contributed by atoms with Gasteiger partial charge in [0.15, 0.2) is 0 Å². The van der Waals surface area contributed by atoms with Crippen LogP contribution in [0.2, 0.25) is 6.04 Å². The van der Waals surface area contributed by atoms with Crippen LogP contribution in [0, 0.1) is 0 Å². The molecule has 3 N–H and O–H groups in total. The third-order valence-electron chi connectivity index (χ3n) is 5.22. The summed E-state index contributed by atoms with van der Waals surface area (Å²) in [6, 6.07) is 0.922. The van der Waals surface area contributed by atoms with E-state index in [1.54, 1.807) is 0 Å². The highest BCUT2D eigenvalue weighted by Crippen LogP contribution is 2.19. The molecule has 0 unspecified atom stereocenters. The fraction of sp³-hybridized carbons (Fsp3) is 1.00. The summed E-state index contributed by atoms with van der Waals surface area (Å²) in [5, 5.41) is 3.60. The van der Waals surface area contributed by atoms with Gasteiger partial charge in [0, 0.05) is 25.9 Å². The Balaban J connectivity index is 3.75. The zero-order valence-corrected chi connectivity index (χ0v) is 21.7. The molecule has 0 rings (SSSR count). The van der Waals surface area contributed by atoms with Crippen LogP contribution < -0.4 is 11.1 Å². The molecule has 0 fully saturated rings. The average molecular weight is 447 g/mol.